The molecule has 0 spiro atoms. The fraction of sp³-hybridized carbons (Fsp3) is 0.355. The Hall–Kier alpha value is -3.56. The third-order valence-corrected chi connectivity index (χ3v) is 8.65. The number of anilines is 1. The Kier molecular flexibility index (Phi) is 10.8. The van der Waals surface area contributed by atoms with Gasteiger partial charge in [-0.1, -0.05) is 66.0 Å². The smallest absolute Gasteiger partial charge is 0.264 e. The molecule has 0 aliphatic heterocycles. The SMILES string of the molecule is CCC(C(=O)NC(C)C)N(Cc1cccc(C)c1)C(=O)CN(c1ccc(OC)c(Cl)c1)S(=O)(=O)c1ccc(C)cc1. The van der Waals surface area contributed by atoms with Gasteiger partial charge in [0.05, 0.1) is 22.7 Å². The molecule has 3 rings (SSSR count). The number of benzene rings is 3. The number of rotatable bonds is 12. The van der Waals surface area contributed by atoms with Gasteiger partial charge in [-0.25, -0.2) is 8.42 Å². The first-order valence-corrected chi connectivity index (χ1v) is 15.3. The minimum atomic E-state index is -4.20. The van der Waals surface area contributed by atoms with Crippen LogP contribution in [-0.2, 0) is 26.2 Å². The van der Waals surface area contributed by atoms with Crippen LogP contribution in [0.2, 0.25) is 5.02 Å². The lowest BCUT2D eigenvalue weighted by atomic mass is 10.1. The molecule has 8 nitrogen and oxygen atoms in total. The molecule has 3 aromatic rings. The Morgan fingerprint density at radius 1 is 0.976 bits per heavy atom. The Balaban J connectivity index is 2.10. The number of halogens is 1. The Morgan fingerprint density at radius 2 is 1.66 bits per heavy atom. The molecular weight excluding hydrogens is 562 g/mol. The van der Waals surface area contributed by atoms with Gasteiger partial charge in [0.25, 0.3) is 10.0 Å². The lowest BCUT2D eigenvalue weighted by molar-refractivity contribution is -0.140. The van der Waals surface area contributed by atoms with E-state index in [-0.39, 0.29) is 34.1 Å². The molecule has 41 heavy (non-hydrogen) atoms. The van der Waals surface area contributed by atoms with E-state index in [9.17, 15) is 18.0 Å². The molecule has 0 heterocycles. The number of carbonyl (C=O) groups is 2. The molecule has 0 saturated heterocycles. The predicted octanol–water partition coefficient (Wildman–Crippen LogP) is 5.49. The number of hydrogen-bond acceptors (Lipinski definition) is 5. The molecule has 1 atom stereocenters. The highest BCUT2D eigenvalue weighted by Gasteiger charge is 2.34. The van der Waals surface area contributed by atoms with E-state index in [1.807, 2.05) is 58.9 Å². The molecule has 0 fully saturated rings. The summed E-state index contributed by atoms with van der Waals surface area (Å²) in [6.45, 7) is 8.91. The van der Waals surface area contributed by atoms with Crippen molar-refractivity contribution < 1.29 is 22.7 Å². The quantitative estimate of drug-likeness (QED) is 0.297. The van der Waals surface area contributed by atoms with E-state index < -0.39 is 28.5 Å². The van der Waals surface area contributed by atoms with E-state index in [2.05, 4.69) is 5.32 Å². The zero-order valence-electron chi connectivity index (χ0n) is 24.3. The summed E-state index contributed by atoms with van der Waals surface area (Å²) in [5, 5.41) is 3.09. The number of amides is 2. The third kappa shape index (κ3) is 8.01. The summed E-state index contributed by atoms with van der Waals surface area (Å²) in [5.41, 5.74) is 2.92. The van der Waals surface area contributed by atoms with Crippen LogP contribution >= 0.6 is 11.6 Å². The van der Waals surface area contributed by atoms with Crippen molar-refractivity contribution in [3.63, 3.8) is 0 Å². The van der Waals surface area contributed by atoms with Gasteiger partial charge in [-0.15, -0.1) is 0 Å². The van der Waals surface area contributed by atoms with Crippen LogP contribution in [0.15, 0.2) is 71.6 Å². The van der Waals surface area contributed by atoms with E-state index in [0.717, 1.165) is 21.0 Å². The largest absolute Gasteiger partial charge is 0.495 e. The summed E-state index contributed by atoms with van der Waals surface area (Å²) >= 11 is 6.38. The summed E-state index contributed by atoms with van der Waals surface area (Å²) in [6, 6.07) is 17.6. The molecule has 0 aromatic heterocycles. The van der Waals surface area contributed by atoms with Crippen LogP contribution in [0.5, 0.6) is 5.75 Å². The van der Waals surface area contributed by atoms with E-state index >= 15 is 0 Å². The van der Waals surface area contributed by atoms with Crippen molar-refractivity contribution >= 4 is 39.1 Å². The van der Waals surface area contributed by atoms with Gasteiger partial charge in [0.15, 0.2) is 0 Å². The molecule has 0 radical (unpaired) electrons. The van der Waals surface area contributed by atoms with Crippen molar-refractivity contribution in [3.8, 4) is 5.75 Å². The number of hydrogen-bond donors (Lipinski definition) is 1. The van der Waals surface area contributed by atoms with Crippen molar-refractivity contribution in [1.82, 2.24) is 10.2 Å². The maximum absolute atomic E-state index is 14.1. The molecule has 10 heteroatoms. The van der Waals surface area contributed by atoms with Gasteiger partial charge in [0.2, 0.25) is 11.8 Å². The van der Waals surface area contributed by atoms with E-state index in [0.29, 0.717) is 12.2 Å². The molecule has 0 aliphatic rings. The van der Waals surface area contributed by atoms with Crippen molar-refractivity contribution in [2.75, 3.05) is 18.0 Å². The number of nitrogens with one attached hydrogen (secondary N) is 1. The summed E-state index contributed by atoms with van der Waals surface area (Å²) in [5.74, 6) is -0.462. The first-order chi connectivity index (χ1) is 19.4. The first-order valence-electron chi connectivity index (χ1n) is 13.5. The summed E-state index contributed by atoms with van der Waals surface area (Å²) in [4.78, 5) is 28.8. The molecular formula is C31H38ClN3O5S. The van der Waals surface area contributed by atoms with Gasteiger partial charge in [0.1, 0.15) is 18.3 Å². The van der Waals surface area contributed by atoms with Crippen LogP contribution < -0.4 is 14.4 Å². The van der Waals surface area contributed by atoms with E-state index in [4.69, 9.17) is 16.3 Å². The Bertz CT molecular complexity index is 1480. The number of methoxy groups -OCH3 is 1. The third-order valence-electron chi connectivity index (χ3n) is 6.56. The van der Waals surface area contributed by atoms with E-state index in [1.165, 1.54) is 36.3 Å². The predicted molar refractivity (Wildman–Crippen MR) is 163 cm³/mol. The molecule has 1 unspecified atom stereocenters. The molecule has 0 saturated carbocycles. The molecule has 0 aliphatic carbocycles. The number of ether oxygens (including phenoxy) is 1. The zero-order chi connectivity index (χ0) is 30.3. The maximum atomic E-state index is 14.1. The minimum absolute atomic E-state index is 0.0256. The lowest BCUT2D eigenvalue weighted by Gasteiger charge is -2.33. The minimum Gasteiger partial charge on any atom is -0.495 e. The Morgan fingerprint density at radius 3 is 2.22 bits per heavy atom. The van der Waals surface area contributed by atoms with Crippen molar-refractivity contribution in [2.45, 2.75) is 64.6 Å². The van der Waals surface area contributed by atoms with Gasteiger partial charge >= 0.3 is 0 Å². The average Bonchev–Trinajstić information content (AvgIpc) is 2.91. The van der Waals surface area contributed by atoms with Crippen LogP contribution in [0.4, 0.5) is 5.69 Å². The number of aryl methyl sites for hydroxylation is 2. The highest BCUT2D eigenvalue weighted by Crippen LogP contribution is 2.32. The fourth-order valence-corrected chi connectivity index (χ4v) is 6.14. The topological polar surface area (TPSA) is 96.0 Å². The summed E-state index contributed by atoms with van der Waals surface area (Å²) < 4.78 is 34.3. The second-order valence-electron chi connectivity index (χ2n) is 10.2. The number of carbonyl (C=O) groups excluding carboxylic acids is 2. The van der Waals surface area contributed by atoms with Crippen molar-refractivity contribution in [3.05, 3.63) is 88.4 Å². The monoisotopic (exact) mass is 599 g/mol. The van der Waals surface area contributed by atoms with Gasteiger partial charge in [-0.2, -0.15) is 0 Å². The second kappa shape index (κ2) is 13.9. The molecule has 0 bridgehead atoms. The average molecular weight is 600 g/mol. The first kappa shape index (κ1) is 32.0. The fourth-order valence-electron chi connectivity index (χ4n) is 4.48. The summed E-state index contributed by atoms with van der Waals surface area (Å²) in [6.07, 6.45) is 0.342. The van der Waals surface area contributed by atoms with Gasteiger partial charge < -0.3 is 15.0 Å². The number of nitrogens with zero attached hydrogens (tertiary/aromatic N) is 2. The van der Waals surface area contributed by atoms with E-state index in [1.54, 1.807) is 18.2 Å². The highest BCUT2D eigenvalue weighted by atomic mass is 35.5. The van der Waals surface area contributed by atoms with Crippen molar-refractivity contribution in [2.24, 2.45) is 0 Å². The second-order valence-corrected chi connectivity index (χ2v) is 12.5. The Labute approximate surface area is 248 Å². The number of sulfonamides is 1. The zero-order valence-corrected chi connectivity index (χ0v) is 25.9. The molecule has 1 N–H and O–H groups in total. The molecule has 3 aromatic carbocycles. The summed E-state index contributed by atoms with van der Waals surface area (Å²) in [7, 11) is -2.74. The van der Waals surface area contributed by atoms with Crippen molar-refractivity contribution in [1.29, 1.82) is 0 Å². The maximum Gasteiger partial charge on any atom is 0.264 e. The van der Waals surface area contributed by atoms with Crippen LogP contribution in [0.3, 0.4) is 0 Å². The van der Waals surface area contributed by atoms with Crippen LogP contribution in [0, 0.1) is 13.8 Å². The van der Waals surface area contributed by atoms with Crippen LogP contribution in [0.1, 0.15) is 43.9 Å². The highest BCUT2D eigenvalue weighted by molar-refractivity contribution is 7.92. The normalized spacial score (nSPS) is 12.1. The van der Waals surface area contributed by atoms with Crippen LogP contribution in [0.25, 0.3) is 0 Å². The van der Waals surface area contributed by atoms with Gasteiger partial charge in [0, 0.05) is 12.6 Å². The van der Waals surface area contributed by atoms with Gasteiger partial charge in [-0.05, 0) is 70.0 Å². The van der Waals surface area contributed by atoms with Gasteiger partial charge in [-0.3, -0.25) is 13.9 Å². The standard InChI is InChI=1S/C31H38ClN3O5S/c1-7-28(31(37)33-21(2)3)34(19-24-10-8-9-23(5)17-24)30(36)20-35(25-13-16-29(40-6)27(32)18-25)41(38,39)26-14-11-22(4)12-15-26/h8-18,21,28H,7,19-20H2,1-6H3,(H,33,37). The van der Waals surface area contributed by atoms with Crippen LogP contribution in [-0.4, -0.2) is 50.9 Å². The molecule has 220 valence electrons. The lowest BCUT2D eigenvalue weighted by Crippen LogP contribution is -2.53. The molecule has 2 amide bonds.